The number of nitrogens with one attached hydrogen (secondary N) is 1. The first kappa shape index (κ1) is 13.2. The van der Waals surface area contributed by atoms with Gasteiger partial charge in [0.15, 0.2) is 5.82 Å². The van der Waals surface area contributed by atoms with E-state index in [4.69, 9.17) is 5.84 Å². The van der Waals surface area contributed by atoms with Gasteiger partial charge in [0.25, 0.3) is 0 Å². The Labute approximate surface area is 106 Å². The quantitative estimate of drug-likeness (QED) is 0.504. The molecule has 1 atom stereocenters. The third-order valence-electron chi connectivity index (χ3n) is 3.03. The van der Waals surface area contributed by atoms with Crippen molar-refractivity contribution >= 4 is 15.8 Å². The van der Waals surface area contributed by atoms with Crippen LogP contribution in [0.1, 0.15) is 12.8 Å². The lowest BCUT2D eigenvalue weighted by atomic mass is 10.2. The van der Waals surface area contributed by atoms with Crippen molar-refractivity contribution in [2.75, 3.05) is 18.6 Å². The number of hydrogen-bond acceptors (Lipinski definition) is 6. The van der Waals surface area contributed by atoms with Gasteiger partial charge in [-0.25, -0.2) is 19.2 Å². The summed E-state index contributed by atoms with van der Waals surface area (Å²) in [6.07, 6.45) is 2.87. The molecule has 0 aliphatic carbocycles. The highest BCUT2D eigenvalue weighted by Crippen LogP contribution is 2.28. The second-order valence-electron chi connectivity index (χ2n) is 4.09. The van der Waals surface area contributed by atoms with E-state index in [2.05, 4.69) is 10.4 Å². The Hall–Kier alpha value is -1.22. The van der Waals surface area contributed by atoms with Gasteiger partial charge in [0, 0.05) is 18.8 Å². The molecular weight excluding hydrogens is 256 g/mol. The maximum atomic E-state index is 12.5. The third kappa shape index (κ3) is 2.19. The van der Waals surface area contributed by atoms with E-state index in [-0.39, 0.29) is 23.4 Å². The average molecular weight is 272 g/mol. The molecule has 0 radical (unpaired) electrons. The molecule has 4 N–H and O–H groups in total. The first-order valence-corrected chi connectivity index (χ1v) is 7.09. The largest absolute Gasteiger partial charge is 0.395 e. The Balaban J connectivity index is 2.42. The Morgan fingerprint density at radius 2 is 2.39 bits per heavy atom. The van der Waals surface area contributed by atoms with Gasteiger partial charge < -0.3 is 10.5 Å². The van der Waals surface area contributed by atoms with Crippen molar-refractivity contribution in [2.45, 2.75) is 23.8 Å². The summed E-state index contributed by atoms with van der Waals surface area (Å²) < 4.78 is 26.2. The minimum absolute atomic E-state index is 0.0350. The summed E-state index contributed by atoms with van der Waals surface area (Å²) >= 11 is 0. The molecule has 8 heteroatoms. The molecule has 0 spiro atoms. The predicted octanol–water partition coefficient (Wildman–Crippen LogP) is -0.487. The lowest BCUT2D eigenvalue weighted by molar-refractivity contribution is 0.213. The summed E-state index contributed by atoms with van der Waals surface area (Å²) in [4.78, 5) is 3.92. The van der Waals surface area contributed by atoms with Crippen molar-refractivity contribution in [3.05, 3.63) is 18.3 Å². The number of nitrogen functional groups attached to an aromatic ring is 1. The van der Waals surface area contributed by atoms with Crippen molar-refractivity contribution in [1.29, 1.82) is 0 Å². The molecule has 1 aromatic rings. The number of hydrazine groups is 1. The lowest BCUT2D eigenvalue weighted by Gasteiger charge is -2.23. The van der Waals surface area contributed by atoms with Gasteiger partial charge in [-0.05, 0) is 25.0 Å². The number of aliphatic hydroxyl groups excluding tert-OH is 1. The standard InChI is InChI=1S/C10H16N4O3S/c11-13-10-9(4-1-5-12-10)18(16,17)14-6-2-3-8(14)7-15/h1,4-5,8,15H,2-3,6-7,11H2,(H,12,13). The van der Waals surface area contributed by atoms with E-state index < -0.39 is 10.0 Å². The molecule has 1 aliphatic heterocycles. The van der Waals surface area contributed by atoms with Crippen molar-refractivity contribution in [3.63, 3.8) is 0 Å². The number of nitrogens with zero attached hydrogens (tertiary/aromatic N) is 2. The van der Waals surface area contributed by atoms with Crippen LogP contribution in [0.3, 0.4) is 0 Å². The number of pyridine rings is 1. The van der Waals surface area contributed by atoms with E-state index >= 15 is 0 Å². The van der Waals surface area contributed by atoms with Crippen molar-refractivity contribution in [2.24, 2.45) is 5.84 Å². The number of hydrogen-bond donors (Lipinski definition) is 3. The van der Waals surface area contributed by atoms with E-state index in [0.717, 1.165) is 6.42 Å². The summed E-state index contributed by atoms with van der Waals surface area (Å²) in [6.45, 7) is 0.233. The molecule has 2 heterocycles. The van der Waals surface area contributed by atoms with E-state index in [9.17, 15) is 13.5 Å². The number of anilines is 1. The van der Waals surface area contributed by atoms with E-state index in [0.29, 0.717) is 13.0 Å². The van der Waals surface area contributed by atoms with Gasteiger partial charge in [-0.3, -0.25) is 0 Å². The Morgan fingerprint density at radius 3 is 3.06 bits per heavy atom. The zero-order valence-electron chi connectivity index (χ0n) is 9.78. The van der Waals surface area contributed by atoms with Gasteiger partial charge in [-0.2, -0.15) is 4.31 Å². The van der Waals surface area contributed by atoms with Crippen LogP contribution in [0.5, 0.6) is 0 Å². The zero-order chi connectivity index (χ0) is 13.2. The Kier molecular flexibility index (Phi) is 3.81. The van der Waals surface area contributed by atoms with Gasteiger partial charge in [0.05, 0.1) is 6.61 Å². The number of nitrogens with two attached hydrogens (primary N) is 1. The zero-order valence-corrected chi connectivity index (χ0v) is 10.6. The third-order valence-corrected chi connectivity index (χ3v) is 5.01. The maximum Gasteiger partial charge on any atom is 0.247 e. The van der Waals surface area contributed by atoms with Crippen LogP contribution in [-0.2, 0) is 10.0 Å². The van der Waals surface area contributed by atoms with Gasteiger partial charge in [-0.15, -0.1) is 0 Å². The van der Waals surface area contributed by atoms with Crippen LogP contribution in [0.2, 0.25) is 0 Å². The van der Waals surface area contributed by atoms with Crippen LogP contribution in [0.25, 0.3) is 0 Å². The smallest absolute Gasteiger partial charge is 0.247 e. The Morgan fingerprint density at radius 1 is 1.61 bits per heavy atom. The average Bonchev–Trinajstić information content (AvgIpc) is 2.87. The molecule has 18 heavy (non-hydrogen) atoms. The van der Waals surface area contributed by atoms with Gasteiger partial charge in [0.2, 0.25) is 10.0 Å². The highest BCUT2D eigenvalue weighted by molar-refractivity contribution is 7.89. The molecular formula is C10H16N4O3S. The molecule has 1 aromatic heterocycles. The van der Waals surface area contributed by atoms with E-state index in [1.54, 1.807) is 0 Å². The van der Waals surface area contributed by atoms with Gasteiger partial charge in [0.1, 0.15) is 4.90 Å². The first-order valence-electron chi connectivity index (χ1n) is 5.65. The van der Waals surface area contributed by atoms with Crippen LogP contribution in [0.15, 0.2) is 23.2 Å². The van der Waals surface area contributed by atoms with Crippen molar-refractivity contribution < 1.29 is 13.5 Å². The van der Waals surface area contributed by atoms with Gasteiger partial charge in [-0.1, -0.05) is 0 Å². The first-order chi connectivity index (χ1) is 8.61. The summed E-state index contributed by atoms with van der Waals surface area (Å²) in [5.74, 6) is 5.38. The molecule has 0 amide bonds. The second kappa shape index (κ2) is 5.19. The van der Waals surface area contributed by atoms with E-state index in [1.807, 2.05) is 0 Å². The SMILES string of the molecule is NNc1ncccc1S(=O)(=O)N1CCCC1CO. The fourth-order valence-electron chi connectivity index (χ4n) is 2.14. The molecule has 1 fully saturated rings. The van der Waals surface area contributed by atoms with Crippen LogP contribution in [0, 0.1) is 0 Å². The number of aliphatic hydroxyl groups is 1. The topological polar surface area (TPSA) is 109 Å². The normalized spacial score (nSPS) is 21.1. The summed E-state index contributed by atoms with van der Waals surface area (Å²) in [6, 6.07) is 2.63. The molecule has 2 rings (SSSR count). The molecule has 1 unspecified atom stereocenters. The minimum Gasteiger partial charge on any atom is -0.395 e. The second-order valence-corrected chi connectivity index (χ2v) is 5.95. The summed E-state index contributed by atoms with van der Waals surface area (Å²) in [7, 11) is -3.67. The van der Waals surface area contributed by atoms with E-state index in [1.165, 1.54) is 22.6 Å². The van der Waals surface area contributed by atoms with Crippen LogP contribution >= 0.6 is 0 Å². The van der Waals surface area contributed by atoms with Crippen molar-refractivity contribution in [3.8, 4) is 0 Å². The predicted molar refractivity (Wildman–Crippen MR) is 66.0 cm³/mol. The fraction of sp³-hybridized carbons (Fsp3) is 0.500. The molecule has 7 nitrogen and oxygen atoms in total. The minimum atomic E-state index is -3.67. The van der Waals surface area contributed by atoms with Gasteiger partial charge >= 0.3 is 0 Å². The molecule has 0 bridgehead atoms. The van der Waals surface area contributed by atoms with Crippen LogP contribution < -0.4 is 11.3 Å². The number of aromatic nitrogens is 1. The van der Waals surface area contributed by atoms with Crippen molar-refractivity contribution in [1.82, 2.24) is 9.29 Å². The lowest BCUT2D eigenvalue weighted by Crippen LogP contribution is -2.38. The maximum absolute atomic E-state index is 12.5. The highest BCUT2D eigenvalue weighted by atomic mass is 32.2. The van der Waals surface area contributed by atoms with Crippen LogP contribution in [0.4, 0.5) is 5.82 Å². The highest BCUT2D eigenvalue weighted by Gasteiger charge is 2.36. The summed E-state index contributed by atoms with van der Waals surface area (Å²) in [5, 5.41) is 9.21. The fourth-order valence-corrected chi connectivity index (χ4v) is 3.93. The number of sulfonamides is 1. The molecule has 1 saturated heterocycles. The van der Waals surface area contributed by atoms with Crippen LogP contribution in [-0.4, -0.2) is 42.0 Å². The monoisotopic (exact) mass is 272 g/mol. The summed E-state index contributed by atoms with van der Waals surface area (Å²) in [5.41, 5.74) is 2.28. The molecule has 1 aliphatic rings. The molecule has 0 saturated carbocycles. The Bertz CT molecular complexity index is 520. The molecule has 0 aromatic carbocycles. The number of rotatable bonds is 4. The molecule has 100 valence electrons.